The molecule has 2 heterocycles. The van der Waals surface area contributed by atoms with Crippen LogP contribution in [0.4, 0.5) is 0 Å². The highest BCUT2D eigenvalue weighted by Gasteiger charge is 2.20. The van der Waals surface area contributed by atoms with E-state index in [0.717, 1.165) is 41.9 Å². The lowest BCUT2D eigenvalue weighted by molar-refractivity contribution is 0.214. The van der Waals surface area contributed by atoms with Crippen molar-refractivity contribution in [2.75, 3.05) is 32.6 Å². The summed E-state index contributed by atoms with van der Waals surface area (Å²) in [5, 5.41) is 11.5. The van der Waals surface area contributed by atoms with Crippen LogP contribution in [0.5, 0.6) is 11.5 Å². The van der Waals surface area contributed by atoms with Crippen molar-refractivity contribution in [1.82, 2.24) is 4.90 Å². The number of hydrogen-bond donors (Lipinski definition) is 1. The minimum atomic E-state index is -0.522. The molecule has 0 amide bonds. The number of aromatic hydroxyl groups is 1. The molecular weight excluding hydrogens is 557 g/mol. The third-order valence-electron chi connectivity index (χ3n) is 6.88. The number of ether oxygens (including phenoxy) is 1. The minimum Gasteiger partial charge on any atom is -0.508 e. The molecule has 5 rings (SSSR count). The summed E-state index contributed by atoms with van der Waals surface area (Å²) in [6.45, 7) is 3.90. The fourth-order valence-corrected chi connectivity index (χ4v) is 5.46. The van der Waals surface area contributed by atoms with Crippen molar-refractivity contribution in [3.05, 3.63) is 92.3 Å². The molecule has 5 nitrogen and oxygen atoms in total. The van der Waals surface area contributed by atoms with E-state index < -0.39 is 5.63 Å². The van der Waals surface area contributed by atoms with Crippen LogP contribution in [0.15, 0.2) is 69.9 Å². The van der Waals surface area contributed by atoms with E-state index in [9.17, 15) is 9.90 Å². The lowest BCUT2D eigenvalue weighted by Crippen LogP contribution is -2.29. The molecule has 39 heavy (non-hydrogen) atoms. The summed E-state index contributed by atoms with van der Waals surface area (Å²) in [6, 6.07) is 17.8. The molecule has 4 aromatic rings. The predicted molar refractivity (Wildman–Crippen MR) is 161 cm³/mol. The van der Waals surface area contributed by atoms with Gasteiger partial charge >= 0.3 is 5.63 Å². The van der Waals surface area contributed by atoms with Gasteiger partial charge in [-0.15, -0.1) is 11.6 Å². The number of alkyl halides is 1. The fraction of sp³-hybridized carbons (Fsp3) is 0.323. The van der Waals surface area contributed by atoms with E-state index in [4.69, 9.17) is 32.4 Å². The maximum absolute atomic E-state index is 13.2. The smallest absolute Gasteiger partial charge is 0.344 e. The first-order valence-electron chi connectivity index (χ1n) is 13.0. The molecule has 3 aromatic carbocycles. The molecule has 1 N–H and O–H groups in total. The van der Waals surface area contributed by atoms with Gasteiger partial charge < -0.3 is 14.3 Å². The van der Waals surface area contributed by atoms with Gasteiger partial charge in [-0.05, 0) is 79.9 Å². The number of phenols is 1. The zero-order valence-electron chi connectivity index (χ0n) is 21.9. The maximum atomic E-state index is 13.2. The van der Waals surface area contributed by atoms with Crippen LogP contribution in [0.25, 0.3) is 22.1 Å². The molecular formula is C31H32Cl3NO4. The first kappa shape index (κ1) is 29.3. The van der Waals surface area contributed by atoms with Crippen LogP contribution in [-0.4, -0.2) is 42.6 Å². The highest BCUT2D eigenvalue weighted by molar-refractivity contribution is 6.36. The Morgan fingerprint density at radius 2 is 1.64 bits per heavy atom. The Labute approximate surface area is 243 Å². The second kappa shape index (κ2) is 14.1. The second-order valence-electron chi connectivity index (χ2n) is 9.47. The van der Waals surface area contributed by atoms with Crippen molar-refractivity contribution >= 4 is 45.8 Å². The number of nitrogens with zero attached hydrogens (tertiary/aromatic N) is 1. The molecule has 0 spiro atoms. The largest absolute Gasteiger partial charge is 0.508 e. The van der Waals surface area contributed by atoms with Crippen molar-refractivity contribution in [2.24, 2.45) is 0 Å². The summed E-state index contributed by atoms with van der Waals surface area (Å²) < 4.78 is 11.6. The lowest BCUT2D eigenvalue weighted by Gasteiger charge is -2.19. The predicted octanol–water partition coefficient (Wildman–Crippen LogP) is 8.17. The molecule has 1 fully saturated rings. The third-order valence-corrected chi connectivity index (χ3v) is 7.43. The first-order valence-corrected chi connectivity index (χ1v) is 14.5. The number of likely N-dealkylation sites (tertiary alicyclic amines) is 1. The quantitative estimate of drug-likeness (QED) is 0.174. The summed E-state index contributed by atoms with van der Waals surface area (Å²) in [4.78, 5) is 15.6. The van der Waals surface area contributed by atoms with Crippen LogP contribution in [0.2, 0.25) is 10.0 Å². The van der Waals surface area contributed by atoms with E-state index in [1.807, 2.05) is 24.3 Å². The Bertz CT molecular complexity index is 1450. The molecule has 0 unspecified atom stereocenters. The van der Waals surface area contributed by atoms with E-state index in [0.29, 0.717) is 39.8 Å². The van der Waals surface area contributed by atoms with Crippen LogP contribution in [-0.2, 0) is 6.42 Å². The molecule has 0 atom stereocenters. The fourth-order valence-electron chi connectivity index (χ4n) is 4.96. The van der Waals surface area contributed by atoms with Gasteiger partial charge in [0.25, 0.3) is 0 Å². The Balaban J connectivity index is 0.00000172. The topological polar surface area (TPSA) is 62.9 Å². The van der Waals surface area contributed by atoms with Crippen LogP contribution >= 0.6 is 34.8 Å². The molecule has 1 aliphatic heterocycles. The van der Waals surface area contributed by atoms with Gasteiger partial charge in [0, 0.05) is 35.0 Å². The molecule has 0 radical (unpaired) electrons. The van der Waals surface area contributed by atoms with Crippen LogP contribution in [0, 0.1) is 0 Å². The van der Waals surface area contributed by atoms with Gasteiger partial charge in [-0.25, -0.2) is 4.79 Å². The molecule has 1 aliphatic rings. The summed E-state index contributed by atoms with van der Waals surface area (Å²) in [5.41, 5.74) is 2.51. The zero-order valence-corrected chi connectivity index (χ0v) is 24.2. The van der Waals surface area contributed by atoms with Gasteiger partial charge in [-0.3, -0.25) is 4.90 Å². The van der Waals surface area contributed by atoms with Gasteiger partial charge in [0.2, 0.25) is 0 Å². The SMILES string of the molecule is CCl.O=c1oc2cc(O)ccc2c(Cc2ccc(OCCN3CCCCCC3)cc2)c1-c1ccc(Cl)cc1Cl. The highest BCUT2D eigenvalue weighted by Crippen LogP contribution is 2.35. The molecule has 8 heteroatoms. The molecule has 0 bridgehead atoms. The summed E-state index contributed by atoms with van der Waals surface area (Å²) in [5.74, 6) is 0.849. The van der Waals surface area contributed by atoms with E-state index >= 15 is 0 Å². The number of phenolic OH excluding ortho intramolecular Hbond substituents is 1. The Morgan fingerprint density at radius 3 is 2.33 bits per heavy atom. The summed E-state index contributed by atoms with van der Waals surface area (Å²) in [6.07, 6.45) is 7.12. The molecule has 0 saturated carbocycles. The van der Waals surface area contributed by atoms with Gasteiger partial charge in [-0.1, -0.05) is 54.2 Å². The van der Waals surface area contributed by atoms with Crippen LogP contribution in [0.3, 0.4) is 0 Å². The van der Waals surface area contributed by atoms with Gasteiger partial charge in [0.15, 0.2) is 0 Å². The number of fused-ring (bicyclic) bond motifs is 1. The monoisotopic (exact) mass is 587 g/mol. The summed E-state index contributed by atoms with van der Waals surface area (Å²) >= 11 is 17.2. The van der Waals surface area contributed by atoms with Crippen molar-refractivity contribution in [3.63, 3.8) is 0 Å². The molecule has 206 valence electrons. The highest BCUT2D eigenvalue weighted by atomic mass is 35.5. The van der Waals surface area contributed by atoms with Crippen molar-refractivity contribution in [2.45, 2.75) is 32.1 Å². The Morgan fingerprint density at radius 1 is 0.923 bits per heavy atom. The Hall–Kier alpha value is -2.70. The minimum absolute atomic E-state index is 0.0283. The zero-order chi connectivity index (χ0) is 27.8. The van der Waals surface area contributed by atoms with E-state index in [1.165, 1.54) is 38.1 Å². The number of benzene rings is 3. The first-order chi connectivity index (χ1) is 19.0. The average molecular weight is 589 g/mol. The van der Waals surface area contributed by atoms with Gasteiger partial charge in [-0.2, -0.15) is 0 Å². The van der Waals surface area contributed by atoms with Gasteiger partial charge in [0.1, 0.15) is 23.7 Å². The van der Waals surface area contributed by atoms with E-state index in [1.54, 1.807) is 30.3 Å². The molecule has 1 aromatic heterocycles. The molecule has 1 saturated heterocycles. The lowest BCUT2D eigenvalue weighted by atomic mass is 9.93. The second-order valence-corrected chi connectivity index (χ2v) is 10.3. The van der Waals surface area contributed by atoms with Crippen molar-refractivity contribution in [1.29, 1.82) is 0 Å². The van der Waals surface area contributed by atoms with E-state index in [2.05, 4.69) is 16.5 Å². The van der Waals surface area contributed by atoms with Crippen molar-refractivity contribution in [3.8, 4) is 22.6 Å². The number of hydrogen-bond acceptors (Lipinski definition) is 5. The van der Waals surface area contributed by atoms with Crippen LogP contribution in [0.1, 0.15) is 36.8 Å². The van der Waals surface area contributed by atoms with E-state index in [-0.39, 0.29) is 5.75 Å². The molecule has 0 aliphatic carbocycles. The normalized spacial score (nSPS) is 13.9. The summed E-state index contributed by atoms with van der Waals surface area (Å²) in [7, 11) is 0. The Kier molecular flexibility index (Phi) is 10.6. The number of halogens is 3. The van der Waals surface area contributed by atoms with Gasteiger partial charge in [0.05, 0.1) is 10.6 Å². The maximum Gasteiger partial charge on any atom is 0.344 e. The standard InChI is InChI=1S/C30H29Cl2NO4.CH3Cl/c31-21-7-11-25(27(32)18-21)29-26(24-12-8-22(34)19-28(24)37-30(29)35)17-20-5-9-23(10-6-20)36-16-15-33-13-3-1-2-4-14-33;1-2/h5-12,18-19,34H,1-4,13-17H2;1H3. The van der Waals surface area contributed by atoms with Crippen LogP contribution < -0.4 is 10.4 Å². The van der Waals surface area contributed by atoms with Crippen molar-refractivity contribution < 1.29 is 14.3 Å². The third kappa shape index (κ3) is 7.49. The average Bonchev–Trinajstić information content (AvgIpc) is 3.20. The number of rotatable bonds is 7.